The lowest BCUT2D eigenvalue weighted by molar-refractivity contribution is -0.144. The molecular weight excluding hydrogens is 248 g/mol. The summed E-state index contributed by atoms with van der Waals surface area (Å²) in [6.45, 7) is 5.63. The third kappa shape index (κ3) is 4.09. The van der Waals surface area contributed by atoms with Crippen LogP contribution in [0.25, 0.3) is 0 Å². The molecular formula is C13H24N2O4. The summed E-state index contributed by atoms with van der Waals surface area (Å²) in [4.78, 5) is 25.0. The molecule has 6 heteroatoms. The molecule has 0 radical (unpaired) electrons. The van der Waals surface area contributed by atoms with Crippen LogP contribution < -0.4 is 5.32 Å². The highest BCUT2D eigenvalue weighted by Crippen LogP contribution is 2.30. The first-order valence-corrected chi connectivity index (χ1v) is 6.73. The van der Waals surface area contributed by atoms with E-state index in [1.165, 1.54) is 4.90 Å². The van der Waals surface area contributed by atoms with E-state index in [9.17, 15) is 19.8 Å². The number of nitrogens with zero attached hydrogens (tertiary/aromatic N) is 1. The van der Waals surface area contributed by atoms with E-state index in [1.54, 1.807) is 20.8 Å². The fourth-order valence-electron chi connectivity index (χ4n) is 2.45. The van der Waals surface area contributed by atoms with E-state index < -0.39 is 23.1 Å². The molecule has 1 aliphatic rings. The largest absolute Gasteiger partial charge is 0.480 e. The number of rotatable bonds is 5. The molecule has 2 amide bonds. The molecule has 0 aromatic rings. The lowest BCUT2D eigenvalue weighted by Gasteiger charge is -2.32. The summed E-state index contributed by atoms with van der Waals surface area (Å²) in [5, 5.41) is 21.7. The van der Waals surface area contributed by atoms with Crippen LogP contribution >= 0.6 is 0 Å². The predicted octanol–water partition coefficient (Wildman–Crippen LogP) is 1.19. The van der Waals surface area contributed by atoms with Crippen LogP contribution in [0, 0.1) is 0 Å². The molecule has 0 atom stereocenters. The van der Waals surface area contributed by atoms with E-state index >= 15 is 0 Å². The predicted molar refractivity (Wildman–Crippen MR) is 70.9 cm³/mol. The van der Waals surface area contributed by atoms with Crippen LogP contribution in [0.3, 0.4) is 0 Å². The van der Waals surface area contributed by atoms with Gasteiger partial charge < -0.3 is 20.4 Å². The van der Waals surface area contributed by atoms with Crippen LogP contribution in [0.1, 0.15) is 46.5 Å². The van der Waals surface area contributed by atoms with Crippen molar-refractivity contribution in [2.24, 2.45) is 0 Å². The summed E-state index contributed by atoms with van der Waals surface area (Å²) in [5.41, 5.74) is -2.14. The molecule has 1 fully saturated rings. The Morgan fingerprint density at radius 2 is 1.84 bits per heavy atom. The van der Waals surface area contributed by atoms with Gasteiger partial charge in [0.2, 0.25) is 0 Å². The number of nitrogens with one attached hydrogen (secondary N) is 1. The Morgan fingerprint density at radius 3 is 2.21 bits per heavy atom. The van der Waals surface area contributed by atoms with Crippen molar-refractivity contribution in [3.8, 4) is 0 Å². The van der Waals surface area contributed by atoms with Crippen LogP contribution in [0.5, 0.6) is 0 Å². The number of likely N-dealkylation sites (N-methyl/N-ethyl adjacent to an activating group) is 1. The third-order valence-corrected chi connectivity index (χ3v) is 3.46. The number of hydrogen-bond acceptors (Lipinski definition) is 3. The van der Waals surface area contributed by atoms with E-state index in [1.807, 2.05) is 0 Å². The van der Waals surface area contributed by atoms with Crippen molar-refractivity contribution in [1.29, 1.82) is 0 Å². The highest BCUT2D eigenvalue weighted by Gasteiger charge is 2.43. The number of carboxylic acids is 1. The smallest absolute Gasteiger partial charge is 0.329 e. The van der Waals surface area contributed by atoms with Gasteiger partial charge in [-0.15, -0.1) is 0 Å². The average molecular weight is 272 g/mol. The van der Waals surface area contributed by atoms with Crippen molar-refractivity contribution in [1.82, 2.24) is 10.2 Å². The fraction of sp³-hybridized carbons (Fsp3) is 0.846. The van der Waals surface area contributed by atoms with Gasteiger partial charge in [0, 0.05) is 6.54 Å². The van der Waals surface area contributed by atoms with Gasteiger partial charge in [-0.05, 0) is 33.6 Å². The first-order chi connectivity index (χ1) is 8.70. The van der Waals surface area contributed by atoms with E-state index in [0.717, 1.165) is 12.8 Å². The minimum absolute atomic E-state index is 0.172. The van der Waals surface area contributed by atoms with Crippen LogP contribution in [-0.4, -0.2) is 51.3 Å². The summed E-state index contributed by atoms with van der Waals surface area (Å²) < 4.78 is 0. The normalized spacial score (nSPS) is 18.1. The van der Waals surface area contributed by atoms with Crippen LogP contribution in [0.15, 0.2) is 0 Å². The van der Waals surface area contributed by atoms with Gasteiger partial charge in [-0.2, -0.15) is 0 Å². The number of carbonyl (C=O) groups is 2. The lowest BCUT2D eigenvalue weighted by atomic mass is 9.98. The number of urea groups is 1. The number of amides is 2. The van der Waals surface area contributed by atoms with E-state index in [4.69, 9.17) is 0 Å². The molecule has 0 aromatic heterocycles. The van der Waals surface area contributed by atoms with Gasteiger partial charge in [-0.3, -0.25) is 0 Å². The van der Waals surface area contributed by atoms with Gasteiger partial charge in [-0.25, -0.2) is 9.59 Å². The molecule has 1 rings (SSSR count). The molecule has 0 unspecified atom stereocenters. The second-order valence-electron chi connectivity index (χ2n) is 5.85. The molecule has 19 heavy (non-hydrogen) atoms. The van der Waals surface area contributed by atoms with Crippen LogP contribution in [-0.2, 0) is 4.79 Å². The van der Waals surface area contributed by atoms with Crippen molar-refractivity contribution in [2.45, 2.75) is 57.6 Å². The Labute approximate surface area is 113 Å². The monoisotopic (exact) mass is 272 g/mol. The zero-order chi connectivity index (χ0) is 14.7. The lowest BCUT2D eigenvalue weighted by Crippen LogP contribution is -2.57. The molecule has 3 N–H and O–H groups in total. The highest BCUT2D eigenvalue weighted by atomic mass is 16.4. The Balaban J connectivity index is 2.73. The molecule has 0 aliphatic heterocycles. The van der Waals surface area contributed by atoms with Crippen LogP contribution in [0.4, 0.5) is 4.79 Å². The van der Waals surface area contributed by atoms with Crippen molar-refractivity contribution < 1.29 is 19.8 Å². The van der Waals surface area contributed by atoms with Crippen molar-refractivity contribution in [3.63, 3.8) is 0 Å². The molecule has 1 aliphatic carbocycles. The summed E-state index contributed by atoms with van der Waals surface area (Å²) >= 11 is 0. The molecule has 0 bridgehead atoms. The molecule has 0 saturated heterocycles. The maximum Gasteiger partial charge on any atom is 0.329 e. The van der Waals surface area contributed by atoms with Gasteiger partial charge in [-0.1, -0.05) is 12.8 Å². The summed E-state index contributed by atoms with van der Waals surface area (Å²) in [6.07, 6.45) is 2.55. The molecule has 0 aromatic carbocycles. The standard InChI is InChI=1S/C13H24N2O4/c1-4-15(9-12(2,3)19)11(18)14-13(10(16)17)7-5-6-8-13/h19H,4-9H2,1-3H3,(H,14,18)(H,16,17). The van der Waals surface area contributed by atoms with Crippen molar-refractivity contribution >= 4 is 12.0 Å². The second kappa shape index (κ2) is 5.77. The third-order valence-electron chi connectivity index (χ3n) is 3.46. The molecule has 0 heterocycles. The maximum absolute atomic E-state index is 12.2. The van der Waals surface area contributed by atoms with Crippen molar-refractivity contribution in [2.75, 3.05) is 13.1 Å². The summed E-state index contributed by atoms with van der Waals surface area (Å²) in [7, 11) is 0. The zero-order valence-electron chi connectivity index (χ0n) is 11.9. The first kappa shape index (κ1) is 15.8. The van der Waals surface area contributed by atoms with E-state index in [2.05, 4.69) is 5.32 Å². The van der Waals surface area contributed by atoms with E-state index in [0.29, 0.717) is 19.4 Å². The molecule has 0 spiro atoms. The second-order valence-corrected chi connectivity index (χ2v) is 5.85. The number of aliphatic carboxylic acids is 1. The van der Waals surface area contributed by atoms with Gasteiger partial charge in [0.05, 0.1) is 12.1 Å². The van der Waals surface area contributed by atoms with Gasteiger partial charge in [0.15, 0.2) is 0 Å². The average Bonchev–Trinajstić information content (AvgIpc) is 2.74. The molecule has 6 nitrogen and oxygen atoms in total. The fourth-order valence-corrected chi connectivity index (χ4v) is 2.45. The summed E-state index contributed by atoms with van der Waals surface area (Å²) in [5.74, 6) is -0.974. The quantitative estimate of drug-likeness (QED) is 0.701. The Bertz CT molecular complexity index is 343. The topological polar surface area (TPSA) is 89.9 Å². The van der Waals surface area contributed by atoms with Crippen molar-refractivity contribution in [3.05, 3.63) is 0 Å². The van der Waals surface area contributed by atoms with Crippen LogP contribution in [0.2, 0.25) is 0 Å². The zero-order valence-corrected chi connectivity index (χ0v) is 11.9. The number of aliphatic hydroxyl groups is 1. The Kier molecular flexibility index (Phi) is 4.79. The maximum atomic E-state index is 12.2. The Morgan fingerprint density at radius 1 is 1.32 bits per heavy atom. The molecule has 1 saturated carbocycles. The van der Waals surface area contributed by atoms with E-state index in [-0.39, 0.29) is 6.54 Å². The SMILES string of the molecule is CCN(CC(C)(C)O)C(=O)NC1(C(=O)O)CCCC1. The van der Waals surface area contributed by atoms with Gasteiger partial charge in [0.25, 0.3) is 0 Å². The highest BCUT2D eigenvalue weighted by molar-refractivity contribution is 5.86. The number of carbonyl (C=O) groups excluding carboxylic acids is 1. The number of carboxylic acid groups (broad SMARTS) is 1. The van der Waals surface area contributed by atoms with Gasteiger partial charge in [0.1, 0.15) is 5.54 Å². The summed E-state index contributed by atoms with van der Waals surface area (Å²) in [6, 6.07) is -0.422. The van der Waals surface area contributed by atoms with Gasteiger partial charge >= 0.3 is 12.0 Å². The number of hydrogen-bond donors (Lipinski definition) is 3. The Hall–Kier alpha value is -1.30. The minimum Gasteiger partial charge on any atom is -0.480 e. The molecule has 110 valence electrons. The minimum atomic E-state index is -1.13. The first-order valence-electron chi connectivity index (χ1n) is 6.73.